The summed E-state index contributed by atoms with van der Waals surface area (Å²) in [5, 5.41) is 6.44. The highest BCUT2D eigenvalue weighted by Crippen LogP contribution is 2.14. The van der Waals surface area contributed by atoms with Crippen LogP contribution in [0.25, 0.3) is 0 Å². The van der Waals surface area contributed by atoms with Crippen LogP contribution in [0.5, 0.6) is 0 Å². The Morgan fingerprint density at radius 3 is 2.62 bits per heavy atom. The number of anilines is 1. The predicted octanol–water partition coefficient (Wildman–Crippen LogP) is -1.27. The molecule has 1 heterocycles. The van der Waals surface area contributed by atoms with Crippen LogP contribution in [-0.4, -0.2) is 41.7 Å². The summed E-state index contributed by atoms with van der Waals surface area (Å²) in [4.78, 5) is 11.1. The van der Waals surface area contributed by atoms with Crippen molar-refractivity contribution in [2.75, 3.05) is 18.1 Å². The van der Waals surface area contributed by atoms with E-state index in [1.165, 1.54) is 7.05 Å². The first kappa shape index (κ1) is 12.4. The van der Waals surface area contributed by atoms with E-state index in [2.05, 4.69) is 15.0 Å². The summed E-state index contributed by atoms with van der Waals surface area (Å²) in [6.45, 7) is 1.70. The highest BCUT2D eigenvalue weighted by atomic mass is 32.2. The van der Waals surface area contributed by atoms with Crippen molar-refractivity contribution in [1.82, 2.24) is 15.0 Å². The standard InChI is InChI=1S/C7H12N4O4S/c1-3-15-5(12)4-16(13,14)7-6(8)11(2)10-9-7/h3-4,8H2,1-2H3. The minimum absolute atomic E-state index is 0.107. The lowest BCUT2D eigenvalue weighted by Crippen LogP contribution is -2.20. The van der Waals surface area contributed by atoms with E-state index in [-0.39, 0.29) is 12.4 Å². The predicted molar refractivity (Wildman–Crippen MR) is 54.1 cm³/mol. The maximum absolute atomic E-state index is 11.7. The van der Waals surface area contributed by atoms with Crippen LogP contribution in [-0.2, 0) is 26.4 Å². The first-order valence-electron chi connectivity index (χ1n) is 4.42. The van der Waals surface area contributed by atoms with Gasteiger partial charge in [-0.15, -0.1) is 5.10 Å². The minimum atomic E-state index is -3.89. The Morgan fingerprint density at radius 2 is 2.19 bits per heavy atom. The molecule has 0 spiro atoms. The van der Waals surface area contributed by atoms with Gasteiger partial charge in [-0.2, -0.15) is 0 Å². The normalized spacial score (nSPS) is 11.4. The Hall–Kier alpha value is -1.64. The lowest BCUT2D eigenvalue weighted by atomic mass is 10.7. The summed E-state index contributed by atoms with van der Waals surface area (Å²) < 4.78 is 29.0. The van der Waals surface area contributed by atoms with Crippen LogP contribution < -0.4 is 5.73 Å². The third-order valence-electron chi connectivity index (χ3n) is 1.75. The largest absolute Gasteiger partial charge is 0.465 e. The molecule has 0 saturated heterocycles. The molecule has 0 aromatic carbocycles. The molecule has 0 radical (unpaired) electrons. The fourth-order valence-electron chi connectivity index (χ4n) is 0.993. The lowest BCUT2D eigenvalue weighted by molar-refractivity contribution is -0.139. The quantitative estimate of drug-likeness (QED) is 0.660. The van der Waals surface area contributed by atoms with Gasteiger partial charge < -0.3 is 10.5 Å². The monoisotopic (exact) mass is 248 g/mol. The van der Waals surface area contributed by atoms with E-state index in [0.717, 1.165) is 4.68 Å². The SMILES string of the molecule is CCOC(=O)CS(=O)(=O)c1nnn(C)c1N. The Labute approximate surface area is 92.3 Å². The van der Waals surface area contributed by atoms with E-state index in [9.17, 15) is 13.2 Å². The molecular weight excluding hydrogens is 236 g/mol. The van der Waals surface area contributed by atoms with E-state index in [1.807, 2.05) is 0 Å². The van der Waals surface area contributed by atoms with Gasteiger partial charge in [0.2, 0.25) is 14.9 Å². The number of esters is 1. The van der Waals surface area contributed by atoms with E-state index in [1.54, 1.807) is 6.92 Å². The average Bonchev–Trinajstić information content (AvgIpc) is 2.47. The van der Waals surface area contributed by atoms with Gasteiger partial charge >= 0.3 is 5.97 Å². The number of carbonyl (C=O) groups excluding carboxylic acids is 1. The number of hydrogen-bond donors (Lipinski definition) is 1. The summed E-state index contributed by atoms with van der Waals surface area (Å²) in [5.41, 5.74) is 5.45. The number of aromatic nitrogens is 3. The molecule has 2 N–H and O–H groups in total. The van der Waals surface area contributed by atoms with Crippen LogP contribution in [0, 0.1) is 0 Å². The topological polar surface area (TPSA) is 117 Å². The Balaban J connectivity index is 2.95. The molecule has 0 fully saturated rings. The molecule has 0 amide bonds. The third kappa shape index (κ3) is 2.48. The molecule has 0 bridgehead atoms. The highest BCUT2D eigenvalue weighted by molar-refractivity contribution is 7.92. The second-order valence-electron chi connectivity index (χ2n) is 2.97. The fraction of sp³-hybridized carbons (Fsp3) is 0.571. The zero-order valence-electron chi connectivity index (χ0n) is 8.87. The van der Waals surface area contributed by atoms with E-state index in [0.29, 0.717) is 0 Å². The number of carbonyl (C=O) groups is 1. The lowest BCUT2D eigenvalue weighted by Gasteiger charge is -2.02. The molecule has 8 nitrogen and oxygen atoms in total. The summed E-state index contributed by atoms with van der Waals surface area (Å²) in [6.07, 6.45) is 0. The van der Waals surface area contributed by atoms with Gasteiger partial charge in [-0.3, -0.25) is 4.79 Å². The van der Waals surface area contributed by atoms with Crippen LogP contribution >= 0.6 is 0 Å². The molecule has 0 aliphatic rings. The molecule has 1 rings (SSSR count). The first-order valence-corrected chi connectivity index (χ1v) is 6.07. The number of rotatable bonds is 4. The maximum atomic E-state index is 11.7. The molecule has 1 aromatic heterocycles. The van der Waals surface area contributed by atoms with Gasteiger partial charge in [0, 0.05) is 7.05 Å². The zero-order chi connectivity index (χ0) is 12.3. The first-order chi connectivity index (χ1) is 7.38. The van der Waals surface area contributed by atoms with Gasteiger partial charge in [0.15, 0.2) is 11.6 Å². The van der Waals surface area contributed by atoms with Crippen molar-refractivity contribution in [3.05, 3.63) is 0 Å². The van der Waals surface area contributed by atoms with Crippen molar-refractivity contribution < 1.29 is 17.9 Å². The highest BCUT2D eigenvalue weighted by Gasteiger charge is 2.26. The van der Waals surface area contributed by atoms with Gasteiger partial charge in [0.05, 0.1) is 6.61 Å². The van der Waals surface area contributed by atoms with E-state index >= 15 is 0 Å². The smallest absolute Gasteiger partial charge is 0.321 e. The van der Waals surface area contributed by atoms with Crippen LogP contribution in [0.2, 0.25) is 0 Å². The van der Waals surface area contributed by atoms with Crippen LogP contribution in [0.1, 0.15) is 6.92 Å². The number of nitrogen functional groups attached to an aromatic ring is 1. The average molecular weight is 248 g/mol. The number of hydrogen-bond acceptors (Lipinski definition) is 7. The fourth-order valence-corrected chi connectivity index (χ4v) is 2.14. The molecule has 0 unspecified atom stereocenters. The Morgan fingerprint density at radius 1 is 1.56 bits per heavy atom. The molecule has 0 saturated carbocycles. The van der Waals surface area contributed by atoms with Gasteiger partial charge in [-0.1, -0.05) is 5.21 Å². The number of aryl methyl sites for hydroxylation is 1. The van der Waals surface area contributed by atoms with Crippen LogP contribution in [0.3, 0.4) is 0 Å². The van der Waals surface area contributed by atoms with E-state index < -0.39 is 26.6 Å². The molecule has 0 aliphatic heterocycles. The van der Waals surface area contributed by atoms with Gasteiger partial charge in [-0.25, -0.2) is 13.1 Å². The van der Waals surface area contributed by atoms with Crippen molar-refractivity contribution in [1.29, 1.82) is 0 Å². The molecule has 0 aliphatic carbocycles. The summed E-state index contributed by atoms with van der Waals surface area (Å²) in [7, 11) is -2.44. The number of nitrogens with two attached hydrogens (primary N) is 1. The second-order valence-corrected chi connectivity index (χ2v) is 4.87. The van der Waals surface area contributed by atoms with Crippen molar-refractivity contribution in [2.45, 2.75) is 11.9 Å². The number of nitrogens with zero attached hydrogens (tertiary/aromatic N) is 3. The van der Waals surface area contributed by atoms with Gasteiger partial charge in [-0.05, 0) is 6.92 Å². The van der Waals surface area contributed by atoms with Crippen molar-refractivity contribution in [3.8, 4) is 0 Å². The molecule has 9 heteroatoms. The summed E-state index contributed by atoms with van der Waals surface area (Å²) in [6, 6.07) is 0. The van der Waals surface area contributed by atoms with Crippen molar-refractivity contribution in [3.63, 3.8) is 0 Å². The summed E-state index contributed by atoms with van der Waals surface area (Å²) in [5.74, 6) is -1.74. The van der Waals surface area contributed by atoms with Crippen molar-refractivity contribution >= 4 is 21.6 Å². The number of ether oxygens (including phenoxy) is 1. The van der Waals surface area contributed by atoms with Gasteiger partial charge in [0.25, 0.3) is 0 Å². The zero-order valence-corrected chi connectivity index (χ0v) is 9.69. The van der Waals surface area contributed by atoms with Crippen LogP contribution in [0.4, 0.5) is 5.82 Å². The van der Waals surface area contributed by atoms with Gasteiger partial charge in [0.1, 0.15) is 0 Å². The molecule has 90 valence electrons. The maximum Gasteiger partial charge on any atom is 0.321 e. The second kappa shape index (κ2) is 4.47. The Bertz CT molecular complexity index is 492. The molecule has 16 heavy (non-hydrogen) atoms. The number of sulfone groups is 1. The molecular formula is C7H12N4O4S. The van der Waals surface area contributed by atoms with Crippen molar-refractivity contribution in [2.24, 2.45) is 7.05 Å². The Kier molecular flexibility index (Phi) is 3.48. The molecule has 1 aromatic rings. The third-order valence-corrected chi connectivity index (χ3v) is 3.24. The summed E-state index contributed by atoms with van der Waals surface area (Å²) >= 11 is 0. The van der Waals surface area contributed by atoms with E-state index in [4.69, 9.17) is 5.73 Å². The van der Waals surface area contributed by atoms with Crippen LogP contribution in [0.15, 0.2) is 5.03 Å². The minimum Gasteiger partial charge on any atom is -0.465 e. The molecule has 0 atom stereocenters.